The second-order valence-electron chi connectivity index (χ2n) is 8.15. The van der Waals surface area contributed by atoms with Gasteiger partial charge in [0.2, 0.25) is 0 Å². The topological polar surface area (TPSA) is 58.4 Å². The first-order valence-corrected chi connectivity index (χ1v) is 12.0. The van der Waals surface area contributed by atoms with E-state index >= 15 is 0 Å². The molecule has 32 heavy (non-hydrogen) atoms. The van der Waals surface area contributed by atoms with Gasteiger partial charge in [0.05, 0.1) is 13.7 Å². The number of aromatic nitrogens is 3. The van der Waals surface area contributed by atoms with Crippen molar-refractivity contribution >= 4 is 11.8 Å². The maximum atomic E-state index is 14.2. The van der Waals surface area contributed by atoms with Gasteiger partial charge in [-0.1, -0.05) is 31.0 Å². The van der Waals surface area contributed by atoms with E-state index < -0.39 is 0 Å². The van der Waals surface area contributed by atoms with Crippen molar-refractivity contribution in [3.8, 4) is 22.9 Å². The maximum absolute atomic E-state index is 14.2. The summed E-state index contributed by atoms with van der Waals surface area (Å²) < 4.78 is 32.7. The largest absolute Gasteiger partial charge is 0.497 e. The first-order chi connectivity index (χ1) is 15.7. The molecular weight excluding hydrogens is 429 g/mol. The fourth-order valence-corrected chi connectivity index (χ4v) is 5.46. The molecule has 2 heterocycles. The second-order valence-corrected chi connectivity index (χ2v) is 9.09. The van der Waals surface area contributed by atoms with E-state index in [9.17, 15) is 4.39 Å². The second kappa shape index (κ2) is 9.50. The fraction of sp³-hybridized carbons (Fsp3) is 0.417. The Bertz CT molecular complexity index is 1080. The van der Waals surface area contributed by atoms with Gasteiger partial charge in [0.1, 0.15) is 17.3 Å². The number of halogens is 1. The van der Waals surface area contributed by atoms with E-state index in [2.05, 4.69) is 14.8 Å². The van der Waals surface area contributed by atoms with Crippen molar-refractivity contribution in [1.29, 1.82) is 0 Å². The number of hydrogen-bond donors (Lipinski definition) is 0. The number of hydrogen-bond acceptors (Lipinski definition) is 6. The molecule has 0 radical (unpaired) electrons. The molecule has 1 fully saturated rings. The molecule has 0 saturated heterocycles. The average Bonchev–Trinajstić information content (AvgIpc) is 3.27. The number of methoxy groups -OCH3 is 1. The standard InChI is InChI=1S/C24H26FN3O3S/c1-29-21-9-7-16(8-10-21)23-26-27-24(28(23)20-5-3-2-4-6-20)32-14-18-12-19(25)11-17-13-30-15-31-22(17)18/h7-12,20H,2-6,13-15H2,1H3. The van der Waals surface area contributed by atoms with Crippen molar-refractivity contribution in [3.05, 3.63) is 53.3 Å². The lowest BCUT2D eigenvalue weighted by molar-refractivity contribution is -0.0171. The molecule has 2 aliphatic rings. The van der Waals surface area contributed by atoms with E-state index in [1.165, 1.54) is 25.3 Å². The Morgan fingerprint density at radius 1 is 1.12 bits per heavy atom. The smallest absolute Gasteiger partial charge is 0.192 e. The van der Waals surface area contributed by atoms with Gasteiger partial charge in [-0.2, -0.15) is 0 Å². The highest BCUT2D eigenvalue weighted by Gasteiger charge is 2.25. The van der Waals surface area contributed by atoms with Crippen molar-refractivity contribution in [1.82, 2.24) is 14.8 Å². The molecule has 0 N–H and O–H groups in total. The van der Waals surface area contributed by atoms with Crippen LogP contribution in [0.1, 0.15) is 49.3 Å². The third-order valence-electron chi connectivity index (χ3n) is 6.06. The Kier molecular flexibility index (Phi) is 6.32. The van der Waals surface area contributed by atoms with Crippen LogP contribution in [0.15, 0.2) is 41.6 Å². The fourth-order valence-electron chi connectivity index (χ4n) is 4.49. The van der Waals surface area contributed by atoms with E-state index in [-0.39, 0.29) is 12.6 Å². The lowest BCUT2D eigenvalue weighted by Crippen LogP contribution is -2.15. The van der Waals surface area contributed by atoms with Gasteiger partial charge in [-0.3, -0.25) is 4.57 Å². The molecule has 2 aromatic carbocycles. The van der Waals surface area contributed by atoms with Crippen LogP contribution < -0.4 is 9.47 Å². The van der Waals surface area contributed by atoms with Crippen LogP contribution in [0.25, 0.3) is 11.4 Å². The van der Waals surface area contributed by atoms with Crippen LogP contribution in [0, 0.1) is 5.82 Å². The molecule has 1 saturated carbocycles. The van der Waals surface area contributed by atoms with Gasteiger partial charge in [0.15, 0.2) is 17.8 Å². The van der Waals surface area contributed by atoms with Gasteiger partial charge in [-0.15, -0.1) is 10.2 Å². The molecule has 1 aliphatic heterocycles. The van der Waals surface area contributed by atoms with E-state index in [1.54, 1.807) is 24.9 Å². The summed E-state index contributed by atoms with van der Waals surface area (Å²) in [5.41, 5.74) is 2.58. The number of thioether (sulfide) groups is 1. The van der Waals surface area contributed by atoms with Gasteiger partial charge >= 0.3 is 0 Å². The zero-order valence-corrected chi connectivity index (χ0v) is 18.9. The Morgan fingerprint density at radius 3 is 2.72 bits per heavy atom. The quantitative estimate of drug-likeness (QED) is 0.441. The van der Waals surface area contributed by atoms with Gasteiger partial charge in [0.25, 0.3) is 0 Å². The van der Waals surface area contributed by atoms with Crippen molar-refractivity contribution in [2.45, 2.75) is 55.7 Å². The minimum absolute atomic E-state index is 0.191. The van der Waals surface area contributed by atoms with E-state index in [0.717, 1.165) is 52.0 Å². The SMILES string of the molecule is COc1ccc(-c2nnc(SCc3cc(F)cc4c3OCOC4)n2C2CCCCC2)cc1. The Balaban J connectivity index is 1.46. The molecular formula is C24H26FN3O3S. The summed E-state index contributed by atoms with van der Waals surface area (Å²) in [6.07, 6.45) is 5.92. The summed E-state index contributed by atoms with van der Waals surface area (Å²) in [4.78, 5) is 0. The van der Waals surface area contributed by atoms with E-state index in [1.807, 2.05) is 24.3 Å². The molecule has 1 aromatic heterocycles. The summed E-state index contributed by atoms with van der Waals surface area (Å²) in [7, 11) is 1.66. The van der Waals surface area contributed by atoms with Crippen LogP contribution in [0.5, 0.6) is 11.5 Å². The Labute approximate surface area is 191 Å². The Morgan fingerprint density at radius 2 is 1.94 bits per heavy atom. The predicted octanol–water partition coefficient (Wildman–Crippen LogP) is 5.76. The molecule has 0 unspecified atom stereocenters. The van der Waals surface area contributed by atoms with E-state index in [4.69, 9.17) is 14.2 Å². The lowest BCUT2D eigenvalue weighted by Gasteiger charge is -2.26. The van der Waals surface area contributed by atoms with Crippen molar-refractivity contribution in [2.24, 2.45) is 0 Å². The van der Waals surface area contributed by atoms with Crippen LogP contribution in [-0.4, -0.2) is 28.7 Å². The van der Waals surface area contributed by atoms with Crippen molar-refractivity contribution < 1.29 is 18.6 Å². The minimum atomic E-state index is -0.277. The third kappa shape index (κ3) is 4.34. The molecule has 0 atom stereocenters. The number of fused-ring (bicyclic) bond motifs is 1. The molecule has 5 rings (SSSR count). The zero-order valence-electron chi connectivity index (χ0n) is 18.1. The molecule has 1 aliphatic carbocycles. The van der Waals surface area contributed by atoms with Gasteiger partial charge < -0.3 is 14.2 Å². The highest BCUT2D eigenvalue weighted by Crippen LogP contribution is 2.38. The zero-order chi connectivity index (χ0) is 21.9. The monoisotopic (exact) mass is 455 g/mol. The summed E-state index contributed by atoms with van der Waals surface area (Å²) in [6, 6.07) is 11.3. The number of benzene rings is 2. The molecule has 0 bridgehead atoms. The first kappa shape index (κ1) is 21.3. The normalized spacial score (nSPS) is 16.4. The van der Waals surface area contributed by atoms with Crippen LogP contribution in [0.4, 0.5) is 4.39 Å². The maximum Gasteiger partial charge on any atom is 0.192 e. The molecule has 8 heteroatoms. The van der Waals surface area contributed by atoms with Crippen LogP contribution >= 0.6 is 11.8 Å². The lowest BCUT2D eigenvalue weighted by atomic mass is 9.95. The minimum Gasteiger partial charge on any atom is -0.497 e. The van der Waals surface area contributed by atoms with Gasteiger partial charge in [-0.05, 0) is 49.2 Å². The van der Waals surface area contributed by atoms with Crippen molar-refractivity contribution in [3.63, 3.8) is 0 Å². The van der Waals surface area contributed by atoms with Gasteiger partial charge in [-0.25, -0.2) is 4.39 Å². The summed E-state index contributed by atoms with van der Waals surface area (Å²) >= 11 is 1.58. The number of nitrogens with zero attached hydrogens (tertiary/aromatic N) is 3. The molecule has 0 spiro atoms. The number of ether oxygens (including phenoxy) is 3. The summed E-state index contributed by atoms with van der Waals surface area (Å²) in [6.45, 7) is 0.556. The van der Waals surface area contributed by atoms with Gasteiger partial charge in [0, 0.05) is 28.5 Å². The van der Waals surface area contributed by atoms with E-state index in [0.29, 0.717) is 18.4 Å². The third-order valence-corrected chi connectivity index (χ3v) is 7.05. The van der Waals surface area contributed by atoms with Crippen LogP contribution in [0.2, 0.25) is 0 Å². The highest BCUT2D eigenvalue weighted by molar-refractivity contribution is 7.98. The Hall–Kier alpha value is -2.58. The predicted molar refractivity (Wildman–Crippen MR) is 120 cm³/mol. The van der Waals surface area contributed by atoms with Crippen LogP contribution in [-0.2, 0) is 17.1 Å². The molecule has 168 valence electrons. The van der Waals surface area contributed by atoms with Crippen LogP contribution in [0.3, 0.4) is 0 Å². The molecule has 6 nitrogen and oxygen atoms in total. The molecule has 3 aromatic rings. The highest BCUT2D eigenvalue weighted by atomic mass is 32.2. The molecule has 0 amide bonds. The summed E-state index contributed by atoms with van der Waals surface area (Å²) in [5, 5.41) is 9.96. The first-order valence-electron chi connectivity index (χ1n) is 11.0. The van der Waals surface area contributed by atoms with Crippen molar-refractivity contribution in [2.75, 3.05) is 13.9 Å². The summed E-state index contributed by atoms with van der Waals surface area (Å²) in [5.74, 6) is 2.68. The average molecular weight is 456 g/mol. The number of rotatable bonds is 6.